The average molecular weight is 308 g/mol. The Morgan fingerprint density at radius 1 is 1.32 bits per heavy atom. The van der Waals surface area contributed by atoms with E-state index in [1.807, 2.05) is 0 Å². The summed E-state index contributed by atoms with van der Waals surface area (Å²) in [6.07, 6.45) is 0. The zero-order valence-corrected chi connectivity index (χ0v) is 12.1. The van der Waals surface area contributed by atoms with Gasteiger partial charge in [0.1, 0.15) is 18.3 Å². The van der Waals surface area contributed by atoms with Gasteiger partial charge in [0.05, 0.1) is 12.6 Å². The summed E-state index contributed by atoms with van der Waals surface area (Å²) in [6, 6.07) is 4.40. The molecule has 22 heavy (non-hydrogen) atoms. The smallest absolute Gasteiger partial charge is 0.319 e. The highest BCUT2D eigenvalue weighted by molar-refractivity contribution is 5.85. The maximum Gasteiger partial charge on any atom is 0.319 e. The molecular formula is C15H17FN2O4. The molecule has 1 aromatic rings. The Hall–Kier alpha value is -2.41. The van der Waals surface area contributed by atoms with Gasteiger partial charge in [0.15, 0.2) is 0 Å². The topological polar surface area (TPSA) is 76.7 Å². The molecule has 2 rings (SSSR count). The highest BCUT2D eigenvalue weighted by Crippen LogP contribution is 2.30. The van der Waals surface area contributed by atoms with Gasteiger partial charge >= 0.3 is 12.0 Å². The molecule has 0 aromatic heterocycles. The highest BCUT2D eigenvalue weighted by Gasteiger charge is 2.38. The fraction of sp³-hybridized carbons (Fsp3) is 0.333. The van der Waals surface area contributed by atoms with E-state index in [-0.39, 0.29) is 18.9 Å². The van der Waals surface area contributed by atoms with E-state index in [1.165, 1.54) is 31.4 Å². The van der Waals surface area contributed by atoms with Crippen molar-refractivity contribution < 1.29 is 23.5 Å². The number of esters is 1. The van der Waals surface area contributed by atoms with Crippen LogP contribution in [0.4, 0.5) is 9.18 Å². The number of methoxy groups -OCH3 is 1. The van der Waals surface area contributed by atoms with Crippen LogP contribution in [0.2, 0.25) is 0 Å². The largest absolute Gasteiger partial charge is 0.463 e. The van der Waals surface area contributed by atoms with E-state index < -0.39 is 29.8 Å². The second-order valence-electron chi connectivity index (χ2n) is 4.79. The van der Waals surface area contributed by atoms with E-state index >= 15 is 0 Å². The lowest BCUT2D eigenvalue weighted by atomic mass is 9.89. The Balaban J connectivity index is 2.21. The Bertz CT molecular complexity index is 573. The lowest BCUT2D eigenvalue weighted by Gasteiger charge is -2.33. The van der Waals surface area contributed by atoms with Gasteiger partial charge in [-0.05, 0) is 17.7 Å². The van der Waals surface area contributed by atoms with E-state index in [0.717, 1.165) is 0 Å². The second-order valence-corrected chi connectivity index (χ2v) is 4.79. The summed E-state index contributed by atoms with van der Waals surface area (Å²) in [4.78, 5) is 23.9. The van der Waals surface area contributed by atoms with Crippen LogP contribution in [-0.2, 0) is 14.3 Å². The summed E-state index contributed by atoms with van der Waals surface area (Å²) in [7, 11) is 1.50. The molecule has 118 valence electrons. The molecule has 1 fully saturated rings. The number of nitrogens with one attached hydrogen (secondary N) is 2. The van der Waals surface area contributed by atoms with Crippen LogP contribution < -0.4 is 10.6 Å². The minimum atomic E-state index is -0.806. The van der Waals surface area contributed by atoms with Crippen molar-refractivity contribution in [3.63, 3.8) is 0 Å². The first kappa shape index (κ1) is 16.0. The minimum absolute atomic E-state index is 0.100. The molecule has 0 spiro atoms. The third-order valence-corrected chi connectivity index (χ3v) is 3.28. The SMILES string of the molecule is C=C1NC(=O)N[C@@H](c2ccc(F)cc2)[C@@H]1C(=O)OCCOC. The van der Waals surface area contributed by atoms with Crippen LogP contribution in [0.3, 0.4) is 0 Å². The molecule has 2 amide bonds. The molecule has 7 heteroatoms. The van der Waals surface area contributed by atoms with Crippen molar-refractivity contribution >= 4 is 12.0 Å². The number of benzene rings is 1. The van der Waals surface area contributed by atoms with E-state index in [2.05, 4.69) is 17.2 Å². The number of carbonyl (C=O) groups is 2. The predicted octanol–water partition coefficient (Wildman–Crippen LogP) is 1.50. The van der Waals surface area contributed by atoms with Crippen molar-refractivity contribution in [1.29, 1.82) is 0 Å². The monoisotopic (exact) mass is 308 g/mol. The first-order chi connectivity index (χ1) is 10.5. The molecule has 2 N–H and O–H groups in total. The molecule has 6 nitrogen and oxygen atoms in total. The number of hydrogen-bond acceptors (Lipinski definition) is 4. The van der Waals surface area contributed by atoms with Gasteiger partial charge in [-0.15, -0.1) is 0 Å². The third-order valence-electron chi connectivity index (χ3n) is 3.28. The zero-order chi connectivity index (χ0) is 16.1. The quantitative estimate of drug-likeness (QED) is 0.638. The molecular weight excluding hydrogens is 291 g/mol. The van der Waals surface area contributed by atoms with Crippen molar-refractivity contribution in [2.45, 2.75) is 6.04 Å². The van der Waals surface area contributed by atoms with Gasteiger partial charge in [-0.1, -0.05) is 18.7 Å². The van der Waals surface area contributed by atoms with Gasteiger partial charge in [-0.25, -0.2) is 9.18 Å². The number of urea groups is 1. The van der Waals surface area contributed by atoms with Crippen molar-refractivity contribution in [3.8, 4) is 0 Å². The number of hydrogen-bond donors (Lipinski definition) is 2. The summed E-state index contributed by atoms with van der Waals surface area (Å²) >= 11 is 0. The van der Waals surface area contributed by atoms with Gasteiger partial charge < -0.3 is 20.1 Å². The number of halogens is 1. The maximum absolute atomic E-state index is 13.0. The average Bonchev–Trinajstić information content (AvgIpc) is 2.47. The van der Waals surface area contributed by atoms with Crippen LogP contribution in [0.25, 0.3) is 0 Å². The Morgan fingerprint density at radius 3 is 2.64 bits per heavy atom. The summed E-state index contributed by atoms with van der Waals surface area (Å²) in [6.45, 7) is 4.08. The van der Waals surface area contributed by atoms with Gasteiger partial charge in [0.2, 0.25) is 0 Å². The fourth-order valence-electron chi connectivity index (χ4n) is 2.23. The lowest BCUT2D eigenvalue weighted by molar-refractivity contribution is -0.149. The maximum atomic E-state index is 13.0. The number of rotatable bonds is 5. The molecule has 0 unspecified atom stereocenters. The number of amides is 2. The highest BCUT2D eigenvalue weighted by atomic mass is 19.1. The van der Waals surface area contributed by atoms with Crippen LogP contribution >= 0.6 is 0 Å². The van der Waals surface area contributed by atoms with E-state index in [0.29, 0.717) is 5.56 Å². The summed E-state index contributed by atoms with van der Waals surface area (Å²) in [5.41, 5.74) is 0.826. The van der Waals surface area contributed by atoms with E-state index in [1.54, 1.807) is 0 Å². The van der Waals surface area contributed by atoms with Crippen molar-refractivity contribution in [1.82, 2.24) is 10.6 Å². The van der Waals surface area contributed by atoms with Crippen LogP contribution in [0.1, 0.15) is 11.6 Å². The van der Waals surface area contributed by atoms with Gasteiger partial charge in [0.25, 0.3) is 0 Å². The van der Waals surface area contributed by atoms with Gasteiger partial charge in [-0.2, -0.15) is 0 Å². The van der Waals surface area contributed by atoms with E-state index in [4.69, 9.17) is 9.47 Å². The van der Waals surface area contributed by atoms with E-state index in [9.17, 15) is 14.0 Å². The van der Waals surface area contributed by atoms with Crippen LogP contribution in [0.15, 0.2) is 36.5 Å². The van der Waals surface area contributed by atoms with Crippen molar-refractivity contribution in [3.05, 3.63) is 47.9 Å². The van der Waals surface area contributed by atoms with Crippen molar-refractivity contribution in [2.75, 3.05) is 20.3 Å². The molecule has 2 atom stereocenters. The molecule has 0 aliphatic carbocycles. The normalized spacial score (nSPS) is 21.0. The Labute approximate surface area is 127 Å². The standard InChI is InChI=1S/C15H17FN2O4/c1-9-12(14(19)22-8-7-21-2)13(18-15(20)17-9)10-3-5-11(16)6-4-10/h3-6,12-13H,1,7-8H2,2H3,(H2,17,18,20)/t12-,13+/m1/s1. The van der Waals surface area contributed by atoms with Crippen LogP contribution in [0.5, 0.6) is 0 Å². The van der Waals surface area contributed by atoms with Gasteiger partial charge in [-0.3, -0.25) is 4.79 Å². The fourth-order valence-corrected chi connectivity index (χ4v) is 2.23. The van der Waals surface area contributed by atoms with Crippen molar-refractivity contribution in [2.24, 2.45) is 5.92 Å². The molecule has 1 heterocycles. The molecule has 1 aliphatic heterocycles. The minimum Gasteiger partial charge on any atom is -0.463 e. The first-order valence-electron chi connectivity index (χ1n) is 6.70. The molecule has 1 aromatic carbocycles. The Morgan fingerprint density at radius 2 is 2.00 bits per heavy atom. The molecule has 1 aliphatic rings. The third kappa shape index (κ3) is 3.62. The molecule has 0 bridgehead atoms. The second kappa shape index (κ2) is 7.04. The van der Waals surface area contributed by atoms with Gasteiger partial charge in [0, 0.05) is 12.8 Å². The predicted molar refractivity (Wildman–Crippen MR) is 76.3 cm³/mol. The zero-order valence-electron chi connectivity index (χ0n) is 12.1. The number of ether oxygens (including phenoxy) is 2. The van der Waals surface area contributed by atoms with Crippen LogP contribution in [0, 0.1) is 11.7 Å². The lowest BCUT2D eigenvalue weighted by Crippen LogP contribution is -2.51. The molecule has 1 saturated heterocycles. The summed E-state index contributed by atoms with van der Waals surface area (Å²) in [5.74, 6) is -1.74. The van der Waals surface area contributed by atoms with Crippen LogP contribution in [-0.4, -0.2) is 32.3 Å². The summed E-state index contributed by atoms with van der Waals surface area (Å²) in [5, 5.41) is 5.10. The Kier molecular flexibility index (Phi) is 5.11. The molecule has 0 saturated carbocycles. The first-order valence-corrected chi connectivity index (χ1v) is 6.70. The molecule has 0 radical (unpaired) electrons. The summed E-state index contributed by atoms with van der Waals surface area (Å²) < 4.78 is 23.0. The number of carbonyl (C=O) groups excluding carboxylic acids is 2.